The van der Waals surface area contributed by atoms with E-state index < -0.39 is 0 Å². The van der Waals surface area contributed by atoms with Crippen molar-refractivity contribution in [2.24, 2.45) is 5.92 Å². The molecule has 0 spiro atoms. The third-order valence-corrected chi connectivity index (χ3v) is 5.32. The number of rotatable bonds is 3. The van der Waals surface area contributed by atoms with Crippen LogP contribution in [0, 0.1) is 11.7 Å². The molecule has 6 heteroatoms. The minimum Gasteiger partial charge on any atom is -0.344 e. The molecule has 2 aliphatic rings. The molecule has 25 heavy (non-hydrogen) atoms. The quantitative estimate of drug-likeness (QED) is 0.913. The first-order valence-electron chi connectivity index (χ1n) is 9.05. The van der Waals surface area contributed by atoms with E-state index in [2.05, 4.69) is 5.32 Å². The summed E-state index contributed by atoms with van der Waals surface area (Å²) in [4.78, 5) is 27.5. The van der Waals surface area contributed by atoms with Crippen molar-refractivity contribution in [3.8, 4) is 0 Å². The zero-order valence-electron chi connectivity index (χ0n) is 14.7. The standard InChI is InChI=1S/C19H26FN3O2/c1-22-13-16(6-7-18(22)24)21-19(25)23-10-8-14(9-11-23)12-15-4-2-3-5-17(15)20/h2-5,14,16H,6-13H2,1H3,(H,21,25). The Bertz CT molecular complexity index is 629. The van der Waals surface area contributed by atoms with Gasteiger partial charge in [-0.3, -0.25) is 4.79 Å². The number of hydrogen-bond acceptors (Lipinski definition) is 2. The molecule has 2 aliphatic heterocycles. The van der Waals surface area contributed by atoms with Crippen LogP contribution in [0.25, 0.3) is 0 Å². The number of piperidine rings is 2. The normalized spacial score (nSPS) is 22.2. The summed E-state index contributed by atoms with van der Waals surface area (Å²) in [5, 5.41) is 3.05. The first-order valence-corrected chi connectivity index (χ1v) is 9.05. The Morgan fingerprint density at radius 3 is 2.64 bits per heavy atom. The molecule has 0 saturated carbocycles. The van der Waals surface area contributed by atoms with Crippen LogP contribution >= 0.6 is 0 Å². The molecule has 3 amide bonds. The molecule has 5 nitrogen and oxygen atoms in total. The van der Waals surface area contributed by atoms with E-state index in [-0.39, 0.29) is 23.8 Å². The number of benzene rings is 1. The van der Waals surface area contributed by atoms with Gasteiger partial charge < -0.3 is 15.1 Å². The smallest absolute Gasteiger partial charge is 0.317 e. The van der Waals surface area contributed by atoms with Gasteiger partial charge in [0.05, 0.1) is 0 Å². The first kappa shape index (κ1) is 17.7. The molecule has 2 fully saturated rings. The third-order valence-electron chi connectivity index (χ3n) is 5.32. The summed E-state index contributed by atoms with van der Waals surface area (Å²) in [7, 11) is 1.77. The van der Waals surface area contributed by atoms with Crippen molar-refractivity contribution >= 4 is 11.9 Å². The summed E-state index contributed by atoms with van der Waals surface area (Å²) in [5.74, 6) is 0.414. The van der Waals surface area contributed by atoms with Gasteiger partial charge in [-0.05, 0) is 43.2 Å². The van der Waals surface area contributed by atoms with Gasteiger partial charge in [0, 0.05) is 39.1 Å². The van der Waals surface area contributed by atoms with E-state index in [0.717, 1.165) is 24.8 Å². The van der Waals surface area contributed by atoms with Crippen molar-refractivity contribution < 1.29 is 14.0 Å². The fourth-order valence-corrected chi connectivity index (χ4v) is 3.71. The second-order valence-electron chi connectivity index (χ2n) is 7.19. The van der Waals surface area contributed by atoms with E-state index >= 15 is 0 Å². The molecule has 1 aromatic rings. The van der Waals surface area contributed by atoms with Gasteiger partial charge in [-0.25, -0.2) is 9.18 Å². The lowest BCUT2D eigenvalue weighted by atomic mass is 9.90. The van der Waals surface area contributed by atoms with Crippen LogP contribution in [0.15, 0.2) is 24.3 Å². The van der Waals surface area contributed by atoms with E-state index in [9.17, 15) is 14.0 Å². The molecule has 1 atom stereocenters. The molecule has 0 bridgehead atoms. The maximum atomic E-state index is 13.8. The van der Waals surface area contributed by atoms with E-state index in [0.29, 0.717) is 38.4 Å². The highest BCUT2D eigenvalue weighted by molar-refractivity contribution is 5.78. The summed E-state index contributed by atoms with van der Waals surface area (Å²) < 4.78 is 13.8. The van der Waals surface area contributed by atoms with Crippen LogP contribution in [0.1, 0.15) is 31.2 Å². The zero-order valence-corrected chi connectivity index (χ0v) is 14.7. The average Bonchev–Trinajstić information content (AvgIpc) is 2.61. The summed E-state index contributed by atoms with van der Waals surface area (Å²) >= 11 is 0. The van der Waals surface area contributed by atoms with Crippen molar-refractivity contribution in [2.75, 3.05) is 26.7 Å². The predicted molar refractivity (Wildman–Crippen MR) is 93.6 cm³/mol. The van der Waals surface area contributed by atoms with Crippen LogP contribution in [-0.4, -0.2) is 54.5 Å². The van der Waals surface area contributed by atoms with Crippen molar-refractivity contribution in [2.45, 2.75) is 38.1 Å². The SMILES string of the molecule is CN1CC(NC(=O)N2CCC(Cc3ccccc3F)CC2)CCC1=O. The van der Waals surface area contributed by atoms with Crippen LogP contribution in [0.2, 0.25) is 0 Å². The number of urea groups is 1. The highest BCUT2D eigenvalue weighted by atomic mass is 19.1. The number of nitrogens with one attached hydrogen (secondary N) is 1. The van der Waals surface area contributed by atoms with Gasteiger partial charge in [0.1, 0.15) is 5.82 Å². The Morgan fingerprint density at radius 2 is 1.96 bits per heavy atom. The van der Waals surface area contributed by atoms with Crippen molar-refractivity contribution in [3.63, 3.8) is 0 Å². The molecule has 0 aliphatic carbocycles. The zero-order chi connectivity index (χ0) is 17.8. The van der Waals surface area contributed by atoms with Crippen molar-refractivity contribution in [1.82, 2.24) is 15.1 Å². The van der Waals surface area contributed by atoms with Gasteiger partial charge in [0.15, 0.2) is 0 Å². The number of amides is 3. The predicted octanol–water partition coefficient (Wildman–Crippen LogP) is 2.41. The number of likely N-dealkylation sites (tertiary alicyclic amines) is 2. The number of hydrogen-bond donors (Lipinski definition) is 1. The van der Waals surface area contributed by atoms with Crippen molar-refractivity contribution in [1.29, 1.82) is 0 Å². The molecule has 0 aromatic heterocycles. The van der Waals surface area contributed by atoms with Crippen LogP contribution in [0.3, 0.4) is 0 Å². The number of likely N-dealkylation sites (N-methyl/N-ethyl adjacent to an activating group) is 1. The average molecular weight is 347 g/mol. The summed E-state index contributed by atoms with van der Waals surface area (Å²) in [5.41, 5.74) is 0.764. The fourth-order valence-electron chi connectivity index (χ4n) is 3.71. The topological polar surface area (TPSA) is 52.7 Å². The van der Waals surface area contributed by atoms with Gasteiger partial charge >= 0.3 is 6.03 Å². The van der Waals surface area contributed by atoms with E-state index in [1.165, 1.54) is 6.07 Å². The lowest BCUT2D eigenvalue weighted by Gasteiger charge is -2.35. The maximum Gasteiger partial charge on any atom is 0.317 e. The fraction of sp³-hybridized carbons (Fsp3) is 0.579. The van der Waals surface area contributed by atoms with Gasteiger partial charge in [0.2, 0.25) is 5.91 Å². The Labute approximate surface area is 148 Å². The van der Waals surface area contributed by atoms with Crippen molar-refractivity contribution in [3.05, 3.63) is 35.6 Å². The monoisotopic (exact) mass is 347 g/mol. The van der Waals surface area contributed by atoms with E-state index in [1.54, 1.807) is 18.0 Å². The van der Waals surface area contributed by atoms with E-state index in [1.807, 2.05) is 17.0 Å². The molecule has 2 heterocycles. The molecule has 0 radical (unpaired) electrons. The first-order chi connectivity index (χ1) is 12.0. The Balaban J connectivity index is 1.45. The lowest BCUT2D eigenvalue weighted by Crippen LogP contribution is -2.53. The third kappa shape index (κ3) is 4.50. The minimum absolute atomic E-state index is 0.0336. The van der Waals surface area contributed by atoms with Crippen LogP contribution in [0.5, 0.6) is 0 Å². The minimum atomic E-state index is -0.140. The Hall–Kier alpha value is -2.11. The van der Waals surface area contributed by atoms with Gasteiger partial charge in [-0.1, -0.05) is 18.2 Å². The second-order valence-corrected chi connectivity index (χ2v) is 7.19. The molecule has 2 saturated heterocycles. The lowest BCUT2D eigenvalue weighted by molar-refractivity contribution is -0.132. The van der Waals surface area contributed by atoms with Crippen LogP contribution in [-0.2, 0) is 11.2 Å². The van der Waals surface area contributed by atoms with Crippen LogP contribution < -0.4 is 5.32 Å². The highest BCUT2D eigenvalue weighted by Crippen LogP contribution is 2.23. The largest absolute Gasteiger partial charge is 0.344 e. The molecule has 1 N–H and O–H groups in total. The summed E-state index contributed by atoms with van der Waals surface area (Å²) in [6.07, 6.45) is 3.72. The number of carbonyl (C=O) groups is 2. The summed E-state index contributed by atoms with van der Waals surface area (Å²) in [6, 6.07) is 6.91. The molecular weight excluding hydrogens is 321 g/mol. The number of carbonyl (C=O) groups excluding carboxylic acids is 2. The Kier molecular flexibility index (Phi) is 5.56. The molecule has 1 unspecified atom stereocenters. The van der Waals surface area contributed by atoms with Crippen LogP contribution in [0.4, 0.5) is 9.18 Å². The second kappa shape index (κ2) is 7.85. The molecular formula is C19H26FN3O2. The van der Waals surface area contributed by atoms with Gasteiger partial charge in [-0.15, -0.1) is 0 Å². The summed E-state index contributed by atoms with van der Waals surface area (Å²) in [6.45, 7) is 1.98. The van der Waals surface area contributed by atoms with E-state index in [4.69, 9.17) is 0 Å². The number of halogens is 1. The highest BCUT2D eigenvalue weighted by Gasteiger charge is 2.28. The van der Waals surface area contributed by atoms with Gasteiger partial charge in [0.25, 0.3) is 0 Å². The Morgan fingerprint density at radius 1 is 1.24 bits per heavy atom. The molecule has 136 valence electrons. The molecule has 3 rings (SSSR count). The maximum absolute atomic E-state index is 13.8. The number of nitrogens with zero attached hydrogens (tertiary/aromatic N) is 2. The van der Waals surface area contributed by atoms with Gasteiger partial charge in [-0.2, -0.15) is 0 Å². The molecule has 1 aromatic carbocycles.